The molecular formula is C30H34ClFN4O4S. The summed E-state index contributed by atoms with van der Waals surface area (Å²) in [5.74, 6) is 3.49. The van der Waals surface area contributed by atoms with E-state index in [1.54, 1.807) is 41.3 Å². The van der Waals surface area contributed by atoms with Gasteiger partial charge in [-0.1, -0.05) is 12.1 Å². The molecule has 4 rings (SSSR count). The number of hydrogen-bond acceptors (Lipinski definition) is 5. The minimum atomic E-state index is -3.32. The highest BCUT2D eigenvalue weighted by Gasteiger charge is 2.24. The van der Waals surface area contributed by atoms with Gasteiger partial charge in [-0.3, -0.25) is 14.5 Å². The maximum absolute atomic E-state index is 13.4. The summed E-state index contributed by atoms with van der Waals surface area (Å²) in [6, 6.07) is 20.2. The smallest absolute Gasteiger partial charge is 0.322 e. The summed E-state index contributed by atoms with van der Waals surface area (Å²) in [5, 5.41) is 3.12. The maximum Gasteiger partial charge on any atom is 0.322 e. The van der Waals surface area contributed by atoms with E-state index in [4.69, 9.17) is 11.2 Å². The molecule has 41 heavy (non-hydrogen) atoms. The van der Waals surface area contributed by atoms with E-state index in [2.05, 4.69) is 20.9 Å². The lowest BCUT2D eigenvalue weighted by atomic mass is 10.0. The van der Waals surface area contributed by atoms with Crippen LogP contribution in [0.3, 0.4) is 0 Å². The Balaban J connectivity index is 0.00000462. The lowest BCUT2D eigenvalue weighted by Crippen LogP contribution is -2.49. The van der Waals surface area contributed by atoms with Gasteiger partial charge in [0, 0.05) is 50.0 Å². The third-order valence-corrected chi connectivity index (χ3v) is 7.11. The van der Waals surface area contributed by atoms with Crippen molar-refractivity contribution >= 4 is 39.8 Å². The highest BCUT2D eigenvalue weighted by atomic mass is 35.5. The molecule has 3 aromatic rings. The van der Waals surface area contributed by atoms with E-state index >= 15 is 0 Å². The minimum absolute atomic E-state index is 0. The molecule has 1 aliphatic rings. The van der Waals surface area contributed by atoms with Crippen LogP contribution in [0.1, 0.15) is 24.8 Å². The Morgan fingerprint density at radius 3 is 2.17 bits per heavy atom. The monoisotopic (exact) mass is 600 g/mol. The molecule has 1 heterocycles. The van der Waals surface area contributed by atoms with Gasteiger partial charge in [0.15, 0.2) is 0 Å². The summed E-state index contributed by atoms with van der Waals surface area (Å²) < 4.78 is 44.3. The van der Waals surface area contributed by atoms with Crippen molar-refractivity contribution in [3.05, 3.63) is 84.2 Å². The molecule has 3 aromatic carbocycles. The Hall–Kier alpha value is -3.78. The van der Waals surface area contributed by atoms with Crippen molar-refractivity contribution in [2.75, 3.05) is 35.5 Å². The van der Waals surface area contributed by atoms with Crippen molar-refractivity contribution in [2.45, 2.75) is 31.8 Å². The molecule has 0 spiro atoms. The third-order valence-electron chi connectivity index (χ3n) is 6.50. The Kier molecular flexibility index (Phi) is 11.4. The van der Waals surface area contributed by atoms with Crippen LogP contribution in [0, 0.1) is 18.2 Å². The quantitative estimate of drug-likeness (QED) is 0.295. The van der Waals surface area contributed by atoms with Crippen LogP contribution < -0.4 is 19.7 Å². The Morgan fingerprint density at radius 2 is 1.61 bits per heavy atom. The molecule has 0 atom stereocenters. The highest BCUT2D eigenvalue weighted by molar-refractivity contribution is 7.92. The number of piperidine rings is 1. The average molecular weight is 601 g/mol. The van der Waals surface area contributed by atoms with Gasteiger partial charge in [0.1, 0.15) is 17.3 Å². The van der Waals surface area contributed by atoms with Gasteiger partial charge in [0.25, 0.3) is 0 Å². The van der Waals surface area contributed by atoms with Crippen LogP contribution in [-0.4, -0.2) is 51.3 Å². The van der Waals surface area contributed by atoms with Crippen LogP contribution in [0.2, 0.25) is 0 Å². The van der Waals surface area contributed by atoms with Gasteiger partial charge in [-0.15, -0.1) is 24.8 Å². The van der Waals surface area contributed by atoms with Crippen LogP contribution in [0.5, 0.6) is 11.5 Å². The molecule has 2 N–H and O–H groups in total. The molecule has 1 saturated heterocycles. The first kappa shape index (κ1) is 31.7. The number of urea groups is 1. The number of anilines is 2. The van der Waals surface area contributed by atoms with Crippen LogP contribution in [0.15, 0.2) is 72.8 Å². The SMILES string of the molecule is C#CCCN(C(=O)NC1CCN(Cc2ccc(Oc3ccc(NS(C)(=O)=O)cc3)cc2)CC1)c1ccc(F)cc1.Cl. The van der Waals surface area contributed by atoms with Gasteiger partial charge in [-0.25, -0.2) is 17.6 Å². The second-order valence-corrected chi connectivity index (χ2v) is 11.5. The van der Waals surface area contributed by atoms with Crippen molar-refractivity contribution in [3.8, 4) is 23.8 Å². The predicted molar refractivity (Wildman–Crippen MR) is 163 cm³/mol. The summed E-state index contributed by atoms with van der Waals surface area (Å²) >= 11 is 0. The number of carbonyl (C=O) groups excluding carboxylic acids is 1. The molecule has 0 radical (unpaired) electrons. The highest BCUT2D eigenvalue weighted by Crippen LogP contribution is 2.25. The second kappa shape index (κ2) is 14.7. The number of terminal acetylenes is 1. The van der Waals surface area contributed by atoms with Crippen LogP contribution in [0.4, 0.5) is 20.6 Å². The van der Waals surface area contributed by atoms with Gasteiger partial charge in [-0.2, -0.15) is 0 Å². The fourth-order valence-electron chi connectivity index (χ4n) is 4.50. The number of nitrogens with zero attached hydrogens (tertiary/aromatic N) is 2. The van der Waals surface area contributed by atoms with Gasteiger partial charge < -0.3 is 10.1 Å². The number of likely N-dealkylation sites (tertiary alicyclic amines) is 1. The minimum Gasteiger partial charge on any atom is -0.457 e. The van der Waals surface area contributed by atoms with Gasteiger partial charge in [0.05, 0.1) is 6.26 Å². The van der Waals surface area contributed by atoms with E-state index in [1.165, 1.54) is 12.1 Å². The van der Waals surface area contributed by atoms with Crippen molar-refractivity contribution in [3.63, 3.8) is 0 Å². The molecule has 1 fully saturated rings. The van der Waals surface area contributed by atoms with E-state index in [0.29, 0.717) is 35.8 Å². The molecule has 1 aliphatic heterocycles. The van der Waals surface area contributed by atoms with Crippen LogP contribution in [0.25, 0.3) is 0 Å². The standard InChI is InChI=1S/C30H33FN4O4S.ClH/c1-3-4-19-35(27-11-7-24(31)8-12-27)30(36)32-25-17-20-34(21-18-25)22-23-5-13-28(14-6-23)39-29-15-9-26(10-16-29)33-40(2,37)38;/h1,5-16,25,33H,4,17-22H2,2H3,(H,32,36);1H. The lowest BCUT2D eigenvalue weighted by molar-refractivity contribution is 0.188. The molecular weight excluding hydrogens is 567 g/mol. The van der Waals surface area contributed by atoms with E-state index in [1.807, 2.05) is 24.3 Å². The first-order chi connectivity index (χ1) is 19.2. The molecule has 2 amide bonds. The number of nitrogens with one attached hydrogen (secondary N) is 2. The Bertz CT molecular complexity index is 1420. The van der Waals surface area contributed by atoms with E-state index in [-0.39, 0.29) is 30.3 Å². The molecule has 0 saturated carbocycles. The number of carbonyl (C=O) groups is 1. The molecule has 0 aliphatic carbocycles. The average Bonchev–Trinajstić information content (AvgIpc) is 2.92. The van der Waals surface area contributed by atoms with Gasteiger partial charge in [0.2, 0.25) is 10.0 Å². The number of amides is 2. The zero-order valence-corrected chi connectivity index (χ0v) is 24.4. The Labute approximate surface area is 247 Å². The normalized spacial score (nSPS) is 13.9. The third kappa shape index (κ3) is 9.97. The first-order valence-corrected chi connectivity index (χ1v) is 14.9. The number of rotatable bonds is 10. The number of ether oxygens (including phenoxy) is 1. The first-order valence-electron chi connectivity index (χ1n) is 13.0. The van der Waals surface area contributed by atoms with Crippen molar-refractivity contribution in [1.82, 2.24) is 10.2 Å². The molecule has 0 unspecified atom stereocenters. The Morgan fingerprint density at radius 1 is 1.02 bits per heavy atom. The zero-order valence-electron chi connectivity index (χ0n) is 22.8. The number of sulfonamides is 1. The number of hydrogen-bond donors (Lipinski definition) is 2. The zero-order chi connectivity index (χ0) is 28.5. The summed E-state index contributed by atoms with van der Waals surface area (Å²) in [4.78, 5) is 16.9. The largest absolute Gasteiger partial charge is 0.457 e. The van der Waals surface area contributed by atoms with Gasteiger partial charge in [-0.05, 0) is 79.1 Å². The fourth-order valence-corrected chi connectivity index (χ4v) is 5.06. The van der Waals surface area contributed by atoms with Crippen LogP contribution in [-0.2, 0) is 16.6 Å². The van der Waals surface area contributed by atoms with Crippen molar-refractivity contribution in [1.29, 1.82) is 0 Å². The number of halogens is 2. The summed E-state index contributed by atoms with van der Waals surface area (Å²) in [7, 11) is -3.32. The summed E-state index contributed by atoms with van der Waals surface area (Å²) in [5.41, 5.74) is 2.24. The molecule has 8 nitrogen and oxygen atoms in total. The summed E-state index contributed by atoms with van der Waals surface area (Å²) in [6.45, 7) is 2.84. The fraction of sp³-hybridized carbons (Fsp3) is 0.300. The molecule has 0 aromatic heterocycles. The summed E-state index contributed by atoms with van der Waals surface area (Å²) in [6.07, 6.45) is 8.56. The molecule has 11 heteroatoms. The number of benzene rings is 3. The molecule has 0 bridgehead atoms. The van der Waals surface area contributed by atoms with Crippen LogP contribution >= 0.6 is 12.4 Å². The van der Waals surface area contributed by atoms with Gasteiger partial charge >= 0.3 is 6.03 Å². The lowest BCUT2D eigenvalue weighted by Gasteiger charge is -2.33. The van der Waals surface area contributed by atoms with Crippen molar-refractivity contribution < 1.29 is 22.3 Å². The van der Waals surface area contributed by atoms with E-state index < -0.39 is 10.0 Å². The topological polar surface area (TPSA) is 91.0 Å². The van der Waals surface area contributed by atoms with E-state index in [9.17, 15) is 17.6 Å². The van der Waals surface area contributed by atoms with Crippen molar-refractivity contribution in [2.24, 2.45) is 0 Å². The predicted octanol–water partition coefficient (Wildman–Crippen LogP) is 5.62. The van der Waals surface area contributed by atoms with E-state index in [0.717, 1.165) is 44.3 Å². The second-order valence-electron chi connectivity index (χ2n) is 9.73. The molecule has 218 valence electrons. The maximum atomic E-state index is 13.4.